The van der Waals surface area contributed by atoms with Gasteiger partial charge in [0.1, 0.15) is 5.75 Å². The molecular formula is C11H11BrO2. The number of carbonyl (C=O) groups is 1. The summed E-state index contributed by atoms with van der Waals surface area (Å²) >= 11 is 3.41. The Balaban J connectivity index is 2.55. The molecule has 2 rings (SSSR count). The van der Waals surface area contributed by atoms with Crippen LogP contribution >= 0.6 is 15.9 Å². The fraction of sp³-hybridized carbons (Fsp3) is 0.364. The minimum atomic E-state index is 0.115. The lowest BCUT2D eigenvalue weighted by molar-refractivity contribution is 0.0946. The van der Waals surface area contributed by atoms with Crippen LogP contribution in [-0.4, -0.2) is 12.9 Å². The largest absolute Gasteiger partial charge is 0.496 e. The smallest absolute Gasteiger partial charge is 0.166 e. The molecule has 0 amide bonds. The Bertz CT molecular complexity index is 399. The Hall–Kier alpha value is -0.830. The van der Waals surface area contributed by atoms with Crippen LogP contribution in [0.4, 0.5) is 0 Å². The van der Waals surface area contributed by atoms with E-state index in [4.69, 9.17) is 4.74 Å². The highest BCUT2D eigenvalue weighted by molar-refractivity contribution is 9.10. The minimum absolute atomic E-state index is 0.115. The molecule has 0 aliphatic heterocycles. The van der Waals surface area contributed by atoms with E-state index in [0.717, 1.165) is 27.8 Å². The summed E-state index contributed by atoms with van der Waals surface area (Å²) in [5, 5.41) is 0. The van der Waals surface area contributed by atoms with Crippen molar-refractivity contribution < 1.29 is 9.53 Å². The fourth-order valence-corrected chi connectivity index (χ4v) is 2.39. The molecule has 0 N–H and O–H groups in total. The van der Waals surface area contributed by atoms with Crippen molar-refractivity contribution in [3.05, 3.63) is 27.7 Å². The number of Topliss-reactive ketones (excluding diaryl/α,β-unsaturated/α-hetero) is 1. The zero-order chi connectivity index (χ0) is 10.3. The first-order valence-corrected chi connectivity index (χ1v) is 5.33. The van der Waals surface area contributed by atoms with Crippen molar-refractivity contribution in [3.63, 3.8) is 0 Å². The average molecular weight is 255 g/mol. The van der Waals surface area contributed by atoms with E-state index in [1.807, 2.05) is 19.1 Å². The Labute approximate surface area is 91.4 Å². The van der Waals surface area contributed by atoms with E-state index in [1.54, 1.807) is 7.11 Å². The standard InChI is InChI=1S/C11H11BrO2/c1-6-3-7-4-9(12)10(14-2)5-8(7)11(6)13/h4-6H,3H2,1-2H3/t6-/m0/s1. The maximum atomic E-state index is 11.7. The molecule has 1 aliphatic carbocycles. The van der Waals surface area contributed by atoms with Gasteiger partial charge < -0.3 is 4.74 Å². The predicted molar refractivity (Wildman–Crippen MR) is 57.9 cm³/mol. The number of hydrogen-bond acceptors (Lipinski definition) is 2. The second kappa shape index (κ2) is 3.39. The number of ether oxygens (including phenoxy) is 1. The van der Waals surface area contributed by atoms with Crippen LogP contribution in [0.1, 0.15) is 22.8 Å². The first-order chi connectivity index (χ1) is 6.63. The van der Waals surface area contributed by atoms with Gasteiger partial charge in [0, 0.05) is 11.5 Å². The van der Waals surface area contributed by atoms with E-state index in [1.165, 1.54) is 0 Å². The molecule has 1 atom stereocenters. The number of hydrogen-bond donors (Lipinski definition) is 0. The summed E-state index contributed by atoms with van der Waals surface area (Å²) in [5.41, 5.74) is 1.94. The number of methoxy groups -OCH3 is 1. The molecule has 3 heteroatoms. The van der Waals surface area contributed by atoms with Crippen molar-refractivity contribution in [2.24, 2.45) is 5.92 Å². The summed E-state index contributed by atoms with van der Waals surface area (Å²) in [5.74, 6) is 1.07. The molecule has 74 valence electrons. The molecule has 0 spiro atoms. The van der Waals surface area contributed by atoms with Crippen LogP contribution in [-0.2, 0) is 6.42 Å². The lowest BCUT2D eigenvalue weighted by Crippen LogP contribution is -2.03. The molecular weight excluding hydrogens is 244 g/mol. The molecule has 2 nitrogen and oxygen atoms in total. The second-order valence-electron chi connectivity index (χ2n) is 3.61. The molecule has 0 heterocycles. The molecule has 0 saturated heterocycles. The van der Waals surface area contributed by atoms with E-state index in [0.29, 0.717) is 0 Å². The van der Waals surface area contributed by atoms with Crippen molar-refractivity contribution in [1.82, 2.24) is 0 Å². The molecule has 0 fully saturated rings. The van der Waals surface area contributed by atoms with Gasteiger partial charge in [0.25, 0.3) is 0 Å². The van der Waals surface area contributed by atoms with Gasteiger partial charge in [-0.05, 0) is 40.0 Å². The van der Waals surface area contributed by atoms with Crippen LogP contribution in [0.15, 0.2) is 16.6 Å². The van der Waals surface area contributed by atoms with Crippen LogP contribution in [0.25, 0.3) is 0 Å². The van der Waals surface area contributed by atoms with Gasteiger partial charge in [-0.2, -0.15) is 0 Å². The fourth-order valence-electron chi connectivity index (χ4n) is 1.84. The predicted octanol–water partition coefficient (Wildman–Crippen LogP) is 2.83. The second-order valence-corrected chi connectivity index (χ2v) is 4.47. The number of rotatable bonds is 1. The third-order valence-electron chi connectivity index (χ3n) is 2.62. The van der Waals surface area contributed by atoms with Crippen molar-refractivity contribution in [3.8, 4) is 5.75 Å². The van der Waals surface area contributed by atoms with E-state index in [9.17, 15) is 4.79 Å². The Kier molecular flexibility index (Phi) is 2.35. The Morgan fingerprint density at radius 3 is 2.86 bits per heavy atom. The normalized spacial score (nSPS) is 19.6. The van der Waals surface area contributed by atoms with E-state index in [-0.39, 0.29) is 11.7 Å². The van der Waals surface area contributed by atoms with Crippen LogP contribution in [0.5, 0.6) is 5.75 Å². The summed E-state index contributed by atoms with van der Waals surface area (Å²) in [6.45, 7) is 1.96. The monoisotopic (exact) mass is 254 g/mol. The molecule has 1 aromatic rings. The first-order valence-electron chi connectivity index (χ1n) is 4.54. The van der Waals surface area contributed by atoms with Gasteiger partial charge in [0.05, 0.1) is 11.6 Å². The maximum absolute atomic E-state index is 11.7. The highest BCUT2D eigenvalue weighted by atomic mass is 79.9. The molecule has 14 heavy (non-hydrogen) atoms. The minimum Gasteiger partial charge on any atom is -0.496 e. The zero-order valence-corrected chi connectivity index (χ0v) is 9.72. The van der Waals surface area contributed by atoms with Crippen molar-refractivity contribution in [2.45, 2.75) is 13.3 Å². The van der Waals surface area contributed by atoms with Crippen LogP contribution < -0.4 is 4.74 Å². The third-order valence-corrected chi connectivity index (χ3v) is 3.24. The summed E-state index contributed by atoms with van der Waals surface area (Å²) in [6.07, 6.45) is 0.844. The Morgan fingerprint density at radius 1 is 1.50 bits per heavy atom. The van der Waals surface area contributed by atoms with Crippen molar-refractivity contribution >= 4 is 21.7 Å². The topological polar surface area (TPSA) is 26.3 Å². The van der Waals surface area contributed by atoms with Gasteiger partial charge >= 0.3 is 0 Å². The van der Waals surface area contributed by atoms with E-state index >= 15 is 0 Å². The summed E-state index contributed by atoms with van der Waals surface area (Å²) in [7, 11) is 1.61. The van der Waals surface area contributed by atoms with Gasteiger partial charge in [0.15, 0.2) is 5.78 Å². The lowest BCUT2D eigenvalue weighted by atomic mass is 10.1. The molecule has 0 aromatic heterocycles. The third kappa shape index (κ3) is 1.36. The van der Waals surface area contributed by atoms with Crippen molar-refractivity contribution in [2.75, 3.05) is 7.11 Å². The average Bonchev–Trinajstić information content (AvgIpc) is 2.41. The maximum Gasteiger partial charge on any atom is 0.166 e. The van der Waals surface area contributed by atoms with Gasteiger partial charge in [-0.25, -0.2) is 0 Å². The van der Waals surface area contributed by atoms with Crippen LogP contribution in [0, 0.1) is 5.92 Å². The molecule has 0 saturated carbocycles. The van der Waals surface area contributed by atoms with Gasteiger partial charge in [-0.15, -0.1) is 0 Å². The summed E-state index contributed by atoms with van der Waals surface area (Å²) < 4.78 is 6.07. The summed E-state index contributed by atoms with van der Waals surface area (Å²) in [6, 6.07) is 3.81. The van der Waals surface area contributed by atoms with Gasteiger partial charge in [-0.3, -0.25) is 4.79 Å². The molecule has 0 unspecified atom stereocenters. The number of benzene rings is 1. The molecule has 0 bridgehead atoms. The van der Waals surface area contributed by atoms with E-state index < -0.39 is 0 Å². The van der Waals surface area contributed by atoms with E-state index in [2.05, 4.69) is 15.9 Å². The van der Waals surface area contributed by atoms with Gasteiger partial charge in [0.2, 0.25) is 0 Å². The highest BCUT2D eigenvalue weighted by Gasteiger charge is 2.28. The lowest BCUT2D eigenvalue weighted by Gasteiger charge is -2.05. The first kappa shape index (κ1) is 9.71. The quantitative estimate of drug-likeness (QED) is 0.771. The van der Waals surface area contributed by atoms with Crippen molar-refractivity contribution in [1.29, 1.82) is 0 Å². The molecule has 1 aliphatic rings. The van der Waals surface area contributed by atoms with Crippen LogP contribution in [0.2, 0.25) is 0 Å². The molecule has 0 radical (unpaired) electrons. The number of halogens is 1. The summed E-state index contributed by atoms with van der Waals surface area (Å²) in [4.78, 5) is 11.7. The van der Waals surface area contributed by atoms with Crippen LogP contribution in [0.3, 0.4) is 0 Å². The van der Waals surface area contributed by atoms with Gasteiger partial charge in [-0.1, -0.05) is 6.92 Å². The zero-order valence-electron chi connectivity index (χ0n) is 8.13. The highest BCUT2D eigenvalue weighted by Crippen LogP contribution is 2.34. The Morgan fingerprint density at radius 2 is 2.21 bits per heavy atom. The number of fused-ring (bicyclic) bond motifs is 1. The number of ketones is 1. The molecule has 1 aromatic carbocycles. The SMILES string of the molecule is COc1cc2c(cc1Br)C[C@H](C)C2=O. The number of carbonyl (C=O) groups excluding carboxylic acids is 1.